The van der Waals surface area contributed by atoms with Crippen LogP contribution in [-0.2, 0) is 16.0 Å². The SMILES string of the molecule is C=CCc1cc(/C=C2\C(=O)NC(=O)N(c3ccc(OC)cc3)C2=O)cc(OCC)c1O. The number of hydrogen-bond donors (Lipinski definition) is 2. The molecule has 0 bridgehead atoms. The Morgan fingerprint density at radius 1 is 1.16 bits per heavy atom. The number of carbonyl (C=O) groups is 3. The topological polar surface area (TPSA) is 105 Å². The standard InChI is InChI=1S/C23H22N2O6/c1-4-6-15-11-14(13-19(20(15)26)31-5-2)12-18-21(27)24-23(29)25(22(18)28)16-7-9-17(30-3)10-8-16/h4,7-13,26H,1,5-6H2,2-3H3,(H,24,27,29)/b18-12+. The first-order valence-corrected chi connectivity index (χ1v) is 9.54. The zero-order chi connectivity index (χ0) is 22.5. The number of urea groups is 1. The molecule has 8 heteroatoms. The summed E-state index contributed by atoms with van der Waals surface area (Å²) in [5, 5.41) is 12.5. The number of methoxy groups -OCH3 is 1. The molecule has 0 aromatic heterocycles. The maximum Gasteiger partial charge on any atom is 0.335 e. The molecule has 1 fully saturated rings. The zero-order valence-electron chi connectivity index (χ0n) is 17.2. The number of imide groups is 2. The van der Waals surface area contributed by atoms with Crippen molar-refractivity contribution in [3.05, 3.63) is 65.8 Å². The van der Waals surface area contributed by atoms with Gasteiger partial charge in [0, 0.05) is 5.56 Å². The van der Waals surface area contributed by atoms with Crippen LogP contribution >= 0.6 is 0 Å². The summed E-state index contributed by atoms with van der Waals surface area (Å²) in [6, 6.07) is 8.59. The van der Waals surface area contributed by atoms with Crippen molar-refractivity contribution in [2.45, 2.75) is 13.3 Å². The van der Waals surface area contributed by atoms with Crippen LogP contribution in [0.1, 0.15) is 18.1 Å². The van der Waals surface area contributed by atoms with Gasteiger partial charge in [0.1, 0.15) is 11.3 Å². The number of hydrogen-bond acceptors (Lipinski definition) is 6. The van der Waals surface area contributed by atoms with E-state index >= 15 is 0 Å². The molecule has 1 heterocycles. The van der Waals surface area contributed by atoms with Gasteiger partial charge in [-0.1, -0.05) is 6.08 Å². The Morgan fingerprint density at radius 3 is 2.48 bits per heavy atom. The smallest absolute Gasteiger partial charge is 0.335 e. The molecule has 8 nitrogen and oxygen atoms in total. The lowest BCUT2D eigenvalue weighted by Crippen LogP contribution is -2.54. The van der Waals surface area contributed by atoms with Gasteiger partial charge in [0.05, 0.1) is 19.4 Å². The van der Waals surface area contributed by atoms with Gasteiger partial charge in [0.25, 0.3) is 11.8 Å². The predicted molar refractivity (Wildman–Crippen MR) is 115 cm³/mol. The first-order chi connectivity index (χ1) is 14.9. The number of allylic oxidation sites excluding steroid dienone is 1. The maximum absolute atomic E-state index is 13.0. The van der Waals surface area contributed by atoms with E-state index in [9.17, 15) is 19.5 Å². The molecule has 2 aromatic rings. The summed E-state index contributed by atoms with van der Waals surface area (Å²) >= 11 is 0. The molecular formula is C23H22N2O6. The molecule has 0 aliphatic carbocycles. The zero-order valence-corrected chi connectivity index (χ0v) is 17.2. The lowest BCUT2D eigenvalue weighted by molar-refractivity contribution is -0.122. The van der Waals surface area contributed by atoms with E-state index in [0.29, 0.717) is 29.9 Å². The highest BCUT2D eigenvalue weighted by Gasteiger charge is 2.36. The molecule has 1 aliphatic heterocycles. The summed E-state index contributed by atoms with van der Waals surface area (Å²) in [5.74, 6) is -0.826. The number of phenols is 1. The second-order valence-electron chi connectivity index (χ2n) is 6.61. The lowest BCUT2D eigenvalue weighted by atomic mass is 10.0. The summed E-state index contributed by atoms with van der Waals surface area (Å²) in [7, 11) is 1.50. The van der Waals surface area contributed by atoms with Crippen molar-refractivity contribution in [3.8, 4) is 17.2 Å². The van der Waals surface area contributed by atoms with Crippen LogP contribution in [0, 0.1) is 0 Å². The minimum absolute atomic E-state index is 0.0293. The fourth-order valence-corrected chi connectivity index (χ4v) is 3.14. The van der Waals surface area contributed by atoms with Crippen LogP contribution in [0.15, 0.2) is 54.6 Å². The molecule has 2 N–H and O–H groups in total. The number of phenolic OH excluding ortho intramolecular Hbond substituents is 1. The number of anilines is 1. The summed E-state index contributed by atoms with van der Waals surface area (Å²) in [4.78, 5) is 38.7. The van der Waals surface area contributed by atoms with E-state index in [1.54, 1.807) is 43.3 Å². The molecule has 4 amide bonds. The summed E-state index contributed by atoms with van der Waals surface area (Å²) in [6.45, 7) is 5.76. The van der Waals surface area contributed by atoms with E-state index in [1.807, 2.05) is 0 Å². The van der Waals surface area contributed by atoms with E-state index in [-0.39, 0.29) is 22.8 Å². The summed E-state index contributed by atoms with van der Waals surface area (Å²) < 4.78 is 10.6. The van der Waals surface area contributed by atoms with E-state index in [0.717, 1.165) is 4.90 Å². The Bertz CT molecular complexity index is 1070. The van der Waals surface area contributed by atoms with Gasteiger partial charge in [-0.05, 0) is 61.4 Å². The molecule has 1 saturated heterocycles. The minimum Gasteiger partial charge on any atom is -0.504 e. The normalized spacial score (nSPS) is 15.1. The average molecular weight is 422 g/mol. The average Bonchev–Trinajstić information content (AvgIpc) is 2.75. The molecule has 1 aliphatic rings. The third-order valence-electron chi connectivity index (χ3n) is 4.58. The van der Waals surface area contributed by atoms with Gasteiger partial charge in [-0.3, -0.25) is 14.9 Å². The van der Waals surface area contributed by atoms with Gasteiger partial charge in [0.2, 0.25) is 0 Å². The fourth-order valence-electron chi connectivity index (χ4n) is 3.14. The van der Waals surface area contributed by atoms with Crippen LogP contribution in [0.5, 0.6) is 17.2 Å². The molecule has 0 radical (unpaired) electrons. The van der Waals surface area contributed by atoms with Crippen LogP contribution in [0.4, 0.5) is 10.5 Å². The van der Waals surface area contributed by atoms with Crippen molar-refractivity contribution in [2.75, 3.05) is 18.6 Å². The highest BCUT2D eigenvalue weighted by Crippen LogP contribution is 2.33. The molecule has 31 heavy (non-hydrogen) atoms. The monoisotopic (exact) mass is 422 g/mol. The molecule has 0 atom stereocenters. The largest absolute Gasteiger partial charge is 0.504 e. The van der Waals surface area contributed by atoms with Gasteiger partial charge in [0.15, 0.2) is 11.5 Å². The van der Waals surface area contributed by atoms with E-state index < -0.39 is 17.8 Å². The highest BCUT2D eigenvalue weighted by molar-refractivity contribution is 6.39. The number of nitrogens with zero attached hydrogens (tertiary/aromatic N) is 1. The third-order valence-corrected chi connectivity index (χ3v) is 4.58. The second-order valence-corrected chi connectivity index (χ2v) is 6.61. The van der Waals surface area contributed by atoms with Crippen LogP contribution in [0.2, 0.25) is 0 Å². The lowest BCUT2D eigenvalue weighted by Gasteiger charge is -2.26. The third kappa shape index (κ3) is 4.42. The molecular weight excluding hydrogens is 400 g/mol. The Kier molecular flexibility index (Phi) is 6.40. The van der Waals surface area contributed by atoms with Crippen LogP contribution in [0.25, 0.3) is 6.08 Å². The molecule has 160 valence electrons. The quantitative estimate of drug-likeness (QED) is 0.403. The number of nitrogens with one attached hydrogen (secondary N) is 1. The van der Waals surface area contributed by atoms with Gasteiger partial charge in [-0.2, -0.15) is 0 Å². The van der Waals surface area contributed by atoms with Gasteiger partial charge in [-0.15, -0.1) is 6.58 Å². The van der Waals surface area contributed by atoms with Crippen LogP contribution < -0.4 is 19.7 Å². The Balaban J connectivity index is 2.04. The number of aromatic hydroxyl groups is 1. The van der Waals surface area contributed by atoms with Crippen molar-refractivity contribution in [1.82, 2.24) is 5.32 Å². The maximum atomic E-state index is 13.0. The fraction of sp³-hybridized carbons (Fsp3) is 0.174. The first kappa shape index (κ1) is 21.6. The predicted octanol–water partition coefficient (Wildman–Crippen LogP) is 3.19. The van der Waals surface area contributed by atoms with Gasteiger partial charge in [-0.25, -0.2) is 9.69 Å². The second kappa shape index (κ2) is 9.17. The van der Waals surface area contributed by atoms with E-state index in [4.69, 9.17) is 9.47 Å². The van der Waals surface area contributed by atoms with Crippen LogP contribution in [0.3, 0.4) is 0 Å². The highest BCUT2D eigenvalue weighted by atomic mass is 16.5. The Labute approximate surface area is 179 Å². The van der Waals surface area contributed by atoms with Crippen molar-refractivity contribution < 1.29 is 29.0 Å². The Morgan fingerprint density at radius 2 is 1.87 bits per heavy atom. The number of ether oxygens (including phenoxy) is 2. The molecule has 2 aromatic carbocycles. The molecule has 0 spiro atoms. The van der Waals surface area contributed by atoms with Gasteiger partial charge < -0.3 is 14.6 Å². The van der Waals surface area contributed by atoms with E-state index in [1.165, 1.54) is 19.3 Å². The molecule has 3 rings (SSSR count). The minimum atomic E-state index is -0.842. The van der Waals surface area contributed by atoms with E-state index in [2.05, 4.69) is 11.9 Å². The number of carbonyl (C=O) groups excluding carboxylic acids is 3. The first-order valence-electron chi connectivity index (χ1n) is 9.54. The number of barbiturate groups is 1. The summed E-state index contributed by atoms with van der Waals surface area (Å²) in [6.07, 6.45) is 3.33. The van der Waals surface area contributed by atoms with Crippen LogP contribution in [-0.4, -0.2) is 36.7 Å². The van der Waals surface area contributed by atoms with Crippen molar-refractivity contribution in [3.63, 3.8) is 0 Å². The Hall–Kier alpha value is -4.07. The molecule has 0 saturated carbocycles. The van der Waals surface area contributed by atoms with Crippen molar-refractivity contribution in [2.24, 2.45) is 0 Å². The number of rotatable bonds is 7. The van der Waals surface area contributed by atoms with Crippen molar-refractivity contribution >= 4 is 29.6 Å². The van der Waals surface area contributed by atoms with Crippen molar-refractivity contribution in [1.29, 1.82) is 0 Å². The molecule has 0 unspecified atom stereocenters. The van der Waals surface area contributed by atoms with Gasteiger partial charge >= 0.3 is 6.03 Å². The summed E-state index contributed by atoms with van der Waals surface area (Å²) in [5.41, 5.74) is 1.04. The number of amides is 4. The number of benzene rings is 2.